The lowest BCUT2D eigenvalue weighted by Crippen LogP contribution is -2.13. The van der Waals surface area contributed by atoms with Crippen LogP contribution >= 0.6 is 0 Å². The Hall–Kier alpha value is -0.910. The molecule has 0 spiro atoms. The van der Waals surface area contributed by atoms with Gasteiger partial charge in [0.1, 0.15) is 0 Å². The molecule has 0 fully saturated rings. The summed E-state index contributed by atoms with van der Waals surface area (Å²) in [7, 11) is -3.69. The zero-order valence-electron chi connectivity index (χ0n) is 10.1. The van der Waals surface area contributed by atoms with Crippen molar-refractivity contribution in [3.63, 3.8) is 0 Å². The molecular weight excluding hydrogens is 240 g/mol. The van der Waals surface area contributed by atoms with Crippen molar-refractivity contribution >= 4 is 10.1 Å². The zero-order valence-corrected chi connectivity index (χ0v) is 10.9. The Morgan fingerprint density at radius 1 is 1.29 bits per heavy atom. The fraction of sp³-hybridized carbons (Fsp3) is 0.500. The predicted octanol–water partition coefficient (Wildman–Crippen LogP) is 1.86. The van der Waals surface area contributed by atoms with E-state index in [2.05, 4.69) is 0 Å². The van der Waals surface area contributed by atoms with Gasteiger partial charge in [-0.3, -0.25) is 4.18 Å². The third-order valence-electron chi connectivity index (χ3n) is 2.47. The van der Waals surface area contributed by atoms with E-state index in [0.717, 1.165) is 5.56 Å². The first-order valence-electron chi connectivity index (χ1n) is 5.60. The van der Waals surface area contributed by atoms with Crippen molar-refractivity contribution in [1.82, 2.24) is 0 Å². The molecule has 0 radical (unpaired) electrons. The highest BCUT2D eigenvalue weighted by atomic mass is 32.2. The summed E-state index contributed by atoms with van der Waals surface area (Å²) in [5, 5.41) is 9.29. The first kappa shape index (κ1) is 14.2. The van der Waals surface area contributed by atoms with Crippen LogP contribution in [0.4, 0.5) is 0 Å². The number of hydrogen-bond acceptors (Lipinski definition) is 4. The number of aliphatic hydroxyl groups excluding tert-OH is 1. The maximum absolute atomic E-state index is 11.7. The van der Waals surface area contributed by atoms with Crippen LogP contribution in [0, 0.1) is 6.92 Å². The van der Waals surface area contributed by atoms with Crippen molar-refractivity contribution < 1.29 is 17.7 Å². The third-order valence-corrected chi connectivity index (χ3v) is 3.80. The van der Waals surface area contributed by atoms with Gasteiger partial charge in [0.2, 0.25) is 0 Å². The summed E-state index contributed by atoms with van der Waals surface area (Å²) in [6.45, 7) is 3.72. The Balaban J connectivity index is 2.60. The summed E-state index contributed by atoms with van der Waals surface area (Å²) >= 11 is 0. The van der Waals surface area contributed by atoms with Crippen LogP contribution in [0.15, 0.2) is 29.2 Å². The van der Waals surface area contributed by atoms with Gasteiger partial charge in [-0.1, -0.05) is 24.6 Å². The van der Waals surface area contributed by atoms with Gasteiger partial charge in [-0.15, -0.1) is 0 Å². The van der Waals surface area contributed by atoms with Gasteiger partial charge in [0.25, 0.3) is 10.1 Å². The van der Waals surface area contributed by atoms with Gasteiger partial charge >= 0.3 is 0 Å². The van der Waals surface area contributed by atoms with E-state index in [1.54, 1.807) is 12.1 Å². The first-order valence-corrected chi connectivity index (χ1v) is 7.00. The van der Waals surface area contributed by atoms with Crippen molar-refractivity contribution in [2.45, 2.75) is 37.7 Å². The van der Waals surface area contributed by atoms with Gasteiger partial charge in [-0.25, -0.2) is 0 Å². The smallest absolute Gasteiger partial charge is 0.296 e. The largest absolute Gasteiger partial charge is 0.393 e. The van der Waals surface area contributed by atoms with E-state index in [1.165, 1.54) is 12.1 Å². The number of hydrogen-bond donors (Lipinski definition) is 1. The molecule has 17 heavy (non-hydrogen) atoms. The monoisotopic (exact) mass is 258 g/mol. The summed E-state index contributed by atoms with van der Waals surface area (Å²) in [5.74, 6) is 0. The minimum absolute atomic E-state index is 0.00518. The van der Waals surface area contributed by atoms with Crippen molar-refractivity contribution in [1.29, 1.82) is 0 Å². The van der Waals surface area contributed by atoms with Crippen molar-refractivity contribution in [2.24, 2.45) is 0 Å². The fourth-order valence-corrected chi connectivity index (χ4v) is 2.19. The molecular formula is C12H18O4S. The Labute approximate surface area is 102 Å². The highest BCUT2D eigenvalue weighted by Crippen LogP contribution is 2.13. The second-order valence-corrected chi connectivity index (χ2v) is 5.56. The minimum atomic E-state index is -3.69. The predicted molar refractivity (Wildman–Crippen MR) is 65.2 cm³/mol. The summed E-state index contributed by atoms with van der Waals surface area (Å²) in [6, 6.07) is 6.47. The van der Waals surface area contributed by atoms with Gasteiger partial charge in [-0.05, 0) is 31.9 Å². The highest BCUT2D eigenvalue weighted by molar-refractivity contribution is 7.86. The van der Waals surface area contributed by atoms with Crippen LogP contribution in [-0.2, 0) is 14.3 Å². The Morgan fingerprint density at radius 3 is 2.41 bits per heavy atom. The van der Waals surface area contributed by atoms with Crippen LogP contribution in [0.3, 0.4) is 0 Å². The van der Waals surface area contributed by atoms with E-state index in [9.17, 15) is 13.5 Å². The molecule has 0 heterocycles. The number of rotatable bonds is 6. The Morgan fingerprint density at radius 2 is 1.88 bits per heavy atom. The number of aliphatic hydroxyl groups is 1. The molecule has 1 aromatic carbocycles. The van der Waals surface area contributed by atoms with Gasteiger partial charge in [0, 0.05) is 0 Å². The van der Waals surface area contributed by atoms with E-state index >= 15 is 0 Å². The van der Waals surface area contributed by atoms with E-state index in [1.807, 2.05) is 13.8 Å². The van der Waals surface area contributed by atoms with Crippen LogP contribution in [0.2, 0.25) is 0 Å². The molecule has 0 amide bonds. The molecule has 0 saturated carbocycles. The standard InChI is InChI=1S/C12H18O4S/c1-3-11(13)8-9-16-17(14,15)12-6-4-10(2)5-7-12/h4-7,11,13H,3,8-9H2,1-2H3. The molecule has 0 aliphatic carbocycles. The summed E-state index contributed by atoms with van der Waals surface area (Å²) < 4.78 is 28.3. The van der Waals surface area contributed by atoms with Gasteiger partial charge in [-0.2, -0.15) is 8.42 Å². The van der Waals surface area contributed by atoms with Crippen LogP contribution in [0.1, 0.15) is 25.3 Å². The normalized spacial score (nSPS) is 13.6. The summed E-state index contributed by atoms with van der Waals surface area (Å²) in [5.41, 5.74) is 0.991. The Kier molecular flexibility index (Phi) is 5.11. The fourth-order valence-electron chi connectivity index (χ4n) is 1.27. The van der Waals surface area contributed by atoms with Gasteiger partial charge < -0.3 is 5.11 Å². The quantitative estimate of drug-likeness (QED) is 0.791. The number of aryl methyl sites for hydroxylation is 1. The molecule has 1 unspecified atom stereocenters. The molecule has 0 bridgehead atoms. The van der Waals surface area contributed by atoms with Crippen LogP contribution in [0.25, 0.3) is 0 Å². The van der Waals surface area contributed by atoms with E-state index in [0.29, 0.717) is 12.8 Å². The van der Waals surface area contributed by atoms with Crippen molar-refractivity contribution in [3.8, 4) is 0 Å². The lowest BCUT2D eigenvalue weighted by molar-refractivity contribution is 0.137. The van der Waals surface area contributed by atoms with E-state index < -0.39 is 16.2 Å². The second-order valence-electron chi connectivity index (χ2n) is 3.94. The molecule has 96 valence electrons. The third kappa shape index (κ3) is 4.46. The highest BCUT2D eigenvalue weighted by Gasteiger charge is 2.15. The minimum Gasteiger partial charge on any atom is -0.393 e. The summed E-state index contributed by atoms with van der Waals surface area (Å²) in [6.07, 6.45) is 0.401. The molecule has 0 aromatic heterocycles. The molecule has 1 rings (SSSR count). The van der Waals surface area contributed by atoms with E-state index in [4.69, 9.17) is 4.18 Å². The van der Waals surface area contributed by atoms with Gasteiger partial charge in [0.05, 0.1) is 17.6 Å². The van der Waals surface area contributed by atoms with Crippen molar-refractivity contribution in [3.05, 3.63) is 29.8 Å². The molecule has 1 aromatic rings. The second kappa shape index (κ2) is 6.14. The topological polar surface area (TPSA) is 63.6 Å². The molecule has 1 atom stereocenters. The molecule has 4 nitrogen and oxygen atoms in total. The molecule has 1 N–H and O–H groups in total. The maximum Gasteiger partial charge on any atom is 0.296 e. The molecule has 0 aliphatic rings. The first-order chi connectivity index (χ1) is 7.95. The zero-order chi connectivity index (χ0) is 12.9. The maximum atomic E-state index is 11.7. The molecule has 0 aliphatic heterocycles. The molecule has 5 heteroatoms. The SMILES string of the molecule is CCC(O)CCOS(=O)(=O)c1ccc(C)cc1. The van der Waals surface area contributed by atoms with Crippen LogP contribution in [0.5, 0.6) is 0 Å². The Bertz CT molecular complexity index is 436. The average molecular weight is 258 g/mol. The number of benzene rings is 1. The molecule has 0 saturated heterocycles. The summed E-state index contributed by atoms with van der Waals surface area (Å²) in [4.78, 5) is 0.147. The lowest BCUT2D eigenvalue weighted by Gasteiger charge is -2.08. The average Bonchev–Trinajstić information content (AvgIpc) is 2.29. The van der Waals surface area contributed by atoms with Crippen molar-refractivity contribution in [2.75, 3.05) is 6.61 Å². The van der Waals surface area contributed by atoms with Crippen LogP contribution < -0.4 is 0 Å². The van der Waals surface area contributed by atoms with E-state index in [-0.39, 0.29) is 11.5 Å². The lowest BCUT2D eigenvalue weighted by atomic mass is 10.2. The van der Waals surface area contributed by atoms with Crippen LogP contribution in [-0.4, -0.2) is 26.2 Å². The van der Waals surface area contributed by atoms with Gasteiger partial charge in [0.15, 0.2) is 0 Å².